The highest BCUT2D eigenvalue weighted by Gasteiger charge is 2.36. The first kappa shape index (κ1) is 18.2. The number of aliphatic hydroxyl groups is 1. The van der Waals surface area contributed by atoms with Crippen molar-refractivity contribution in [3.05, 3.63) is 35.9 Å². The van der Waals surface area contributed by atoms with Gasteiger partial charge in [-0.15, -0.1) is 0 Å². The number of amides is 2. The summed E-state index contributed by atoms with van der Waals surface area (Å²) in [6.45, 7) is 5.58. The Bertz CT molecular complexity index is 565. The van der Waals surface area contributed by atoms with Gasteiger partial charge in [-0.05, 0) is 57.1 Å². The molecule has 0 bridgehead atoms. The molecule has 5 nitrogen and oxygen atoms in total. The van der Waals surface area contributed by atoms with Gasteiger partial charge in [-0.2, -0.15) is 0 Å². The zero-order chi connectivity index (χ0) is 17.7. The Balaban J connectivity index is 1.44. The molecular weight excluding hydrogens is 314 g/mol. The van der Waals surface area contributed by atoms with Gasteiger partial charge in [-0.3, -0.25) is 4.90 Å². The van der Waals surface area contributed by atoms with Gasteiger partial charge in [0, 0.05) is 25.2 Å². The molecule has 1 aromatic rings. The lowest BCUT2D eigenvalue weighted by Crippen LogP contribution is -2.51. The quantitative estimate of drug-likeness (QED) is 0.742. The fourth-order valence-corrected chi connectivity index (χ4v) is 4.16. The van der Waals surface area contributed by atoms with Gasteiger partial charge in [0.2, 0.25) is 0 Å². The Morgan fingerprint density at radius 1 is 1.28 bits per heavy atom. The predicted molar refractivity (Wildman–Crippen MR) is 99.2 cm³/mol. The third kappa shape index (κ3) is 4.95. The summed E-state index contributed by atoms with van der Waals surface area (Å²) in [6.07, 6.45) is 4.77. The number of urea groups is 1. The Kier molecular flexibility index (Phi) is 5.97. The second-order valence-corrected chi connectivity index (χ2v) is 7.90. The largest absolute Gasteiger partial charge is 0.393 e. The molecular formula is C20H31N3O2. The summed E-state index contributed by atoms with van der Waals surface area (Å²) in [5.74, 6) is 0.414. The van der Waals surface area contributed by atoms with Crippen LogP contribution in [0.3, 0.4) is 0 Å². The minimum atomic E-state index is -0.182. The fraction of sp³-hybridized carbons (Fsp3) is 0.650. The van der Waals surface area contributed by atoms with Crippen molar-refractivity contribution in [3.63, 3.8) is 0 Å². The van der Waals surface area contributed by atoms with E-state index in [0.29, 0.717) is 19.0 Å². The second-order valence-electron chi connectivity index (χ2n) is 7.90. The molecule has 1 heterocycles. The van der Waals surface area contributed by atoms with Crippen LogP contribution >= 0.6 is 0 Å². The van der Waals surface area contributed by atoms with Gasteiger partial charge in [0.05, 0.1) is 6.10 Å². The number of nitrogens with zero attached hydrogens (tertiary/aromatic N) is 1. The predicted octanol–water partition coefficient (Wildman–Crippen LogP) is 2.50. The van der Waals surface area contributed by atoms with Crippen molar-refractivity contribution in [2.75, 3.05) is 19.6 Å². The maximum Gasteiger partial charge on any atom is 0.314 e. The number of aliphatic hydroxyl groups excluding tert-OH is 1. The number of hydrogen-bond donors (Lipinski definition) is 3. The molecule has 1 saturated carbocycles. The number of nitrogens with one attached hydrogen (secondary N) is 2. The summed E-state index contributed by atoms with van der Waals surface area (Å²) in [7, 11) is 0. The molecule has 3 atom stereocenters. The molecule has 0 spiro atoms. The maximum absolute atomic E-state index is 12.1. The van der Waals surface area contributed by atoms with Crippen molar-refractivity contribution in [2.45, 2.75) is 57.2 Å². The molecule has 5 heteroatoms. The van der Waals surface area contributed by atoms with Crippen molar-refractivity contribution in [2.24, 2.45) is 5.92 Å². The van der Waals surface area contributed by atoms with Gasteiger partial charge in [-0.1, -0.05) is 30.3 Å². The van der Waals surface area contributed by atoms with E-state index in [9.17, 15) is 9.90 Å². The molecule has 1 aromatic carbocycles. The van der Waals surface area contributed by atoms with E-state index >= 15 is 0 Å². The molecule has 3 rings (SSSR count). The molecule has 138 valence electrons. The lowest BCUT2D eigenvalue weighted by molar-refractivity contribution is 0.145. The second kappa shape index (κ2) is 8.19. The van der Waals surface area contributed by atoms with E-state index in [2.05, 4.69) is 46.7 Å². The highest BCUT2D eigenvalue weighted by atomic mass is 16.3. The number of hydrogen-bond acceptors (Lipinski definition) is 3. The van der Waals surface area contributed by atoms with Crippen LogP contribution < -0.4 is 10.6 Å². The summed E-state index contributed by atoms with van der Waals surface area (Å²) in [6, 6.07) is 10.4. The third-order valence-corrected chi connectivity index (χ3v) is 5.82. The molecule has 1 aliphatic heterocycles. The Labute approximate surface area is 150 Å². The van der Waals surface area contributed by atoms with E-state index in [0.717, 1.165) is 38.8 Å². The van der Waals surface area contributed by atoms with E-state index in [4.69, 9.17) is 0 Å². The standard InChI is InChI=1S/C20H31N3O2/c1-20(10-5-11-23(20)14-16-6-3-2-4-7-16)15-22-19(25)21-13-17-8-9-18(24)12-17/h2-4,6-7,17-18,24H,5,8-15H2,1H3,(H2,21,22,25)/t17-,18-,20+/m0/s1. The van der Waals surface area contributed by atoms with Crippen molar-refractivity contribution < 1.29 is 9.90 Å². The minimum Gasteiger partial charge on any atom is -0.393 e. The Morgan fingerprint density at radius 2 is 2.08 bits per heavy atom. The van der Waals surface area contributed by atoms with Gasteiger partial charge in [0.1, 0.15) is 0 Å². The lowest BCUT2D eigenvalue weighted by Gasteiger charge is -2.35. The first-order chi connectivity index (χ1) is 12.0. The fourth-order valence-electron chi connectivity index (χ4n) is 4.16. The summed E-state index contributed by atoms with van der Waals surface area (Å²) >= 11 is 0. The van der Waals surface area contributed by atoms with E-state index in [1.54, 1.807) is 0 Å². The molecule has 3 N–H and O–H groups in total. The summed E-state index contributed by atoms with van der Waals surface area (Å²) < 4.78 is 0. The van der Waals surface area contributed by atoms with Crippen LogP contribution in [-0.2, 0) is 6.54 Å². The summed E-state index contributed by atoms with van der Waals surface area (Å²) in [5, 5.41) is 15.6. The Hall–Kier alpha value is -1.59. The minimum absolute atomic E-state index is 0.0106. The molecule has 25 heavy (non-hydrogen) atoms. The van der Waals surface area contributed by atoms with Crippen molar-refractivity contribution in [3.8, 4) is 0 Å². The van der Waals surface area contributed by atoms with Gasteiger partial charge in [-0.25, -0.2) is 4.79 Å². The normalized spacial score (nSPS) is 29.7. The zero-order valence-electron chi connectivity index (χ0n) is 15.2. The average Bonchev–Trinajstić information content (AvgIpc) is 3.19. The summed E-state index contributed by atoms with van der Waals surface area (Å²) in [5.41, 5.74) is 1.33. The monoisotopic (exact) mass is 345 g/mol. The van der Waals surface area contributed by atoms with Gasteiger partial charge >= 0.3 is 6.03 Å². The van der Waals surface area contributed by atoms with Gasteiger partial charge < -0.3 is 15.7 Å². The zero-order valence-corrected chi connectivity index (χ0v) is 15.2. The van der Waals surface area contributed by atoms with E-state index < -0.39 is 0 Å². The van der Waals surface area contributed by atoms with Gasteiger partial charge in [0.15, 0.2) is 0 Å². The molecule has 2 amide bonds. The van der Waals surface area contributed by atoms with Crippen LogP contribution in [0, 0.1) is 5.92 Å². The lowest BCUT2D eigenvalue weighted by atomic mass is 9.98. The van der Waals surface area contributed by atoms with Crippen molar-refractivity contribution in [1.82, 2.24) is 15.5 Å². The molecule has 0 radical (unpaired) electrons. The smallest absolute Gasteiger partial charge is 0.314 e. The van der Waals surface area contributed by atoms with Crippen LogP contribution in [0.4, 0.5) is 4.79 Å². The molecule has 2 fully saturated rings. The number of carbonyl (C=O) groups is 1. The van der Waals surface area contributed by atoms with E-state index in [1.165, 1.54) is 12.0 Å². The van der Waals surface area contributed by atoms with E-state index in [-0.39, 0.29) is 17.7 Å². The van der Waals surface area contributed by atoms with Crippen LogP contribution in [0.1, 0.15) is 44.6 Å². The average molecular weight is 345 g/mol. The molecule has 1 saturated heterocycles. The molecule has 1 aliphatic carbocycles. The summed E-state index contributed by atoms with van der Waals surface area (Å²) in [4.78, 5) is 14.6. The number of rotatable bonds is 6. The number of carbonyl (C=O) groups excluding carboxylic acids is 1. The van der Waals surface area contributed by atoms with Crippen molar-refractivity contribution >= 4 is 6.03 Å². The molecule has 0 unspecified atom stereocenters. The van der Waals surface area contributed by atoms with Crippen LogP contribution in [0.2, 0.25) is 0 Å². The number of benzene rings is 1. The molecule has 0 aromatic heterocycles. The SMILES string of the molecule is C[C@]1(CNC(=O)NC[C@H]2CC[C@H](O)C2)CCCN1Cc1ccccc1. The highest BCUT2D eigenvalue weighted by Crippen LogP contribution is 2.30. The number of likely N-dealkylation sites (tertiary alicyclic amines) is 1. The van der Waals surface area contributed by atoms with Crippen molar-refractivity contribution in [1.29, 1.82) is 0 Å². The Morgan fingerprint density at radius 3 is 2.80 bits per heavy atom. The third-order valence-electron chi connectivity index (χ3n) is 5.82. The highest BCUT2D eigenvalue weighted by molar-refractivity contribution is 5.73. The first-order valence-corrected chi connectivity index (χ1v) is 9.54. The van der Waals surface area contributed by atoms with Crippen LogP contribution in [0.25, 0.3) is 0 Å². The molecule has 2 aliphatic rings. The van der Waals surface area contributed by atoms with Crippen LogP contribution in [-0.4, -0.2) is 47.3 Å². The van der Waals surface area contributed by atoms with Gasteiger partial charge in [0.25, 0.3) is 0 Å². The van der Waals surface area contributed by atoms with Crippen LogP contribution in [0.15, 0.2) is 30.3 Å². The maximum atomic E-state index is 12.1. The van der Waals surface area contributed by atoms with E-state index in [1.807, 2.05) is 6.07 Å². The first-order valence-electron chi connectivity index (χ1n) is 9.54. The topological polar surface area (TPSA) is 64.6 Å². The van der Waals surface area contributed by atoms with Crippen LogP contribution in [0.5, 0.6) is 0 Å².